The third-order valence-corrected chi connectivity index (χ3v) is 7.14. The number of carbonyl (C=O) groups excluding carboxylic acids is 2. The lowest BCUT2D eigenvalue weighted by molar-refractivity contribution is -0.126. The molecule has 2 aromatic carbocycles. The molecule has 1 heterocycles. The number of halogens is 3. The van der Waals surface area contributed by atoms with Crippen molar-refractivity contribution in [3.05, 3.63) is 53.1 Å². The van der Waals surface area contributed by atoms with Crippen molar-refractivity contribution in [2.75, 3.05) is 33.2 Å². The van der Waals surface area contributed by atoms with E-state index in [0.29, 0.717) is 17.2 Å². The van der Waals surface area contributed by atoms with Crippen LogP contribution >= 0.6 is 11.6 Å². The van der Waals surface area contributed by atoms with E-state index in [9.17, 15) is 26.8 Å². The van der Waals surface area contributed by atoms with Crippen LogP contribution in [0, 0.1) is 11.6 Å². The van der Waals surface area contributed by atoms with Gasteiger partial charge in [-0.15, -0.1) is 0 Å². The average Bonchev–Trinajstić information content (AvgIpc) is 2.77. The second-order valence-electron chi connectivity index (χ2n) is 7.21. The average molecular weight is 503 g/mol. The van der Waals surface area contributed by atoms with Crippen LogP contribution < -0.4 is 15.8 Å². The first kappa shape index (κ1) is 24.8. The first-order chi connectivity index (χ1) is 15.5. The number of benzene rings is 2. The fourth-order valence-electron chi connectivity index (χ4n) is 3.31. The number of rotatable bonds is 7. The van der Waals surface area contributed by atoms with Crippen molar-refractivity contribution >= 4 is 33.4 Å². The maximum absolute atomic E-state index is 14.7. The van der Waals surface area contributed by atoms with Crippen LogP contribution in [0.2, 0.25) is 5.02 Å². The minimum Gasteiger partial charge on any atom is -0.451 e. The third-order valence-electron chi connectivity index (χ3n) is 5.00. The van der Waals surface area contributed by atoms with Gasteiger partial charge in [-0.3, -0.25) is 14.5 Å². The summed E-state index contributed by atoms with van der Waals surface area (Å²) in [6.07, 6.45) is 0. The fourth-order valence-corrected chi connectivity index (χ4v) is 5.04. The first-order valence-electron chi connectivity index (χ1n) is 9.69. The van der Waals surface area contributed by atoms with Gasteiger partial charge < -0.3 is 15.8 Å². The van der Waals surface area contributed by atoms with Gasteiger partial charge in [0, 0.05) is 31.7 Å². The Labute approximate surface area is 194 Å². The van der Waals surface area contributed by atoms with Crippen molar-refractivity contribution in [2.24, 2.45) is 5.73 Å². The van der Waals surface area contributed by atoms with E-state index in [-0.39, 0.29) is 37.8 Å². The second kappa shape index (κ2) is 10.00. The molecule has 2 amide bonds. The Bertz CT molecular complexity index is 1140. The SMILES string of the molecule is CNC(=O)CN1CCN(S(=O)(=O)c2cc(F)c(Oc3ccc(Cl)cc3)c(F)c2)[C@@H](C(N)=O)C1. The molecule has 1 saturated heterocycles. The number of ether oxygens (including phenoxy) is 1. The summed E-state index contributed by atoms with van der Waals surface area (Å²) >= 11 is 5.77. The maximum Gasteiger partial charge on any atom is 0.244 e. The summed E-state index contributed by atoms with van der Waals surface area (Å²) in [5.41, 5.74) is 5.39. The summed E-state index contributed by atoms with van der Waals surface area (Å²) in [4.78, 5) is 24.4. The molecule has 1 fully saturated rings. The molecule has 0 unspecified atom stereocenters. The van der Waals surface area contributed by atoms with Gasteiger partial charge in [-0.25, -0.2) is 17.2 Å². The molecule has 1 atom stereocenters. The number of primary amides is 1. The predicted octanol–water partition coefficient (Wildman–Crippen LogP) is 1.32. The number of carbonyl (C=O) groups is 2. The van der Waals surface area contributed by atoms with Crippen LogP contribution in [0.1, 0.15) is 0 Å². The monoisotopic (exact) mass is 502 g/mol. The van der Waals surface area contributed by atoms with Crippen molar-refractivity contribution in [3.63, 3.8) is 0 Å². The molecule has 0 saturated carbocycles. The van der Waals surface area contributed by atoms with Crippen LogP contribution in [0.4, 0.5) is 8.78 Å². The van der Waals surface area contributed by atoms with Crippen LogP contribution in [0.25, 0.3) is 0 Å². The Kier molecular flexibility index (Phi) is 7.52. The van der Waals surface area contributed by atoms with Crippen LogP contribution in [0.3, 0.4) is 0 Å². The summed E-state index contributed by atoms with van der Waals surface area (Å²) < 4.78 is 61.5. The number of hydrogen-bond donors (Lipinski definition) is 2. The van der Waals surface area contributed by atoms with Crippen molar-refractivity contribution < 1.29 is 31.5 Å². The Morgan fingerprint density at radius 2 is 1.79 bits per heavy atom. The van der Waals surface area contributed by atoms with E-state index in [0.717, 1.165) is 4.31 Å². The highest BCUT2D eigenvalue weighted by Gasteiger charge is 2.40. The molecule has 0 aliphatic carbocycles. The number of amides is 2. The van der Waals surface area contributed by atoms with Gasteiger partial charge in [0.2, 0.25) is 21.8 Å². The minimum absolute atomic E-state index is 0.0614. The molecule has 2 aromatic rings. The highest BCUT2D eigenvalue weighted by molar-refractivity contribution is 7.89. The molecule has 1 aliphatic heterocycles. The summed E-state index contributed by atoms with van der Waals surface area (Å²) in [6, 6.07) is 5.59. The summed E-state index contributed by atoms with van der Waals surface area (Å²) in [6.45, 7) is -0.308. The molecule has 0 bridgehead atoms. The number of sulfonamides is 1. The molecular weight excluding hydrogens is 482 g/mol. The molecule has 33 heavy (non-hydrogen) atoms. The molecule has 0 aromatic heterocycles. The number of nitrogens with zero attached hydrogens (tertiary/aromatic N) is 2. The van der Waals surface area contributed by atoms with E-state index >= 15 is 0 Å². The highest BCUT2D eigenvalue weighted by Crippen LogP contribution is 2.32. The quantitative estimate of drug-likeness (QED) is 0.589. The Balaban J connectivity index is 1.87. The standard InChI is InChI=1S/C20H21ClF2N4O5S/c1-25-18(28)11-26-6-7-27(17(10-26)20(24)29)33(30,31)14-8-15(22)19(16(23)9-14)32-13-4-2-12(21)3-5-13/h2-5,8-9,17H,6-7,10-11H2,1H3,(H2,24,29)(H,25,28)/t17-/m1/s1. The normalized spacial score (nSPS) is 17.5. The van der Waals surface area contributed by atoms with E-state index in [4.69, 9.17) is 22.1 Å². The Hall–Kier alpha value is -2.80. The van der Waals surface area contributed by atoms with E-state index in [1.165, 1.54) is 31.3 Å². The van der Waals surface area contributed by atoms with E-state index < -0.39 is 44.3 Å². The lowest BCUT2D eigenvalue weighted by Crippen LogP contribution is -2.60. The van der Waals surface area contributed by atoms with Gasteiger partial charge in [-0.2, -0.15) is 4.31 Å². The first-order valence-corrected chi connectivity index (χ1v) is 11.5. The summed E-state index contributed by atoms with van der Waals surface area (Å²) in [5, 5.41) is 2.82. The van der Waals surface area contributed by atoms with Crippen LogP contribution in [0.5, 0.6) is 11.5 Å². The van der Waals surface area contributed by atoms with E-state index in [2.05, 4.69) is 5.32 Å². The second-order valence-corrected chi connectivity index (χ2v) is 9.54. The molecule has 1 aliphatic rings. The lowest BCUT2D eigenvalue weighted by Gasteiger charge is -2.38. The van der Waals surface area contributed by atoms with E-state index in [1.807, 2.05) is 0 Å². The number of piperazine rings is 1. The molecular formula is C20H21ClF2N4O5S. The summed E-state index contributed by atoms with van der Waals surface area (Å²) in [7, 11) is -3.06. The number of nitrogens with one attached hydrogen (secondary N) is 1. The highest BCUT2D eigenvalue weighted by atomic mass is 35.5. The number of nitrogens with two attached hydrogens (primary N) is 1. The third kappa shape index (κ3) is 5.58. The van der Waals surface area contributed by atoms with Gasteiger partial charge >= 0.3 is 0 Å². The smallest absolute Gasteiger partial charge is 0.244 e. The molecule has 0 spiro atoms. The summed E-state index contributed by atoms with van der Waals surface area (Å²) in [5.74, 6) is -4.49. The number of hydrogen-bond acceptors (Lipinski definition) is 6. The van der Waals surface area contributed by atoms with Crippen LogP contribution in [-0.4, -0.2) is 68.7 Å². The molecule has 9 nitrogen and oxygen atoms in total. The maximum atomic E-state index is 14.7. The molecule has 13 heteroatoms. The van der Waals surface area contributed by atoms with Crippen molar-refractivity contribution in [1.29, 1.82) is 0 Å². The van der Waals surface area contributed by atoms with Gasteiger partial charge in [0.25, 0.3) is 0 Å². The van der Waals surface area contributed by atoms with Crippen molar-refractivity contribution in [2.45, 2.75) is 10.9 Å². The van der Waals surface area contributed by atoms with Gasteiger partial charge in [0.1, 0.15) is 11.8 Å². The fraction of sp³-hybridized carbons (Fsp3) is 0.300. The lowest BCUT2D eigenvalue weighted by atomic mass is 10.2. The molecule has 178 valence electrons. The minimum atomic E-state index is -4.50. The van der Waals surface area contributed by atoms with Gasteiger partial charge in [-0.05, 0) is 36.4 Å². The zero-order chi connectivity index (χ0) is 24.3. The zero-order valence-electron chi connectivity index (χ0n) is 17.4. The molecule has 3 rings (SSSR count). The van der Waals surface area contributed by atoms with Gasteiger partial charge in [0.15, 0.2) is 17.4 Å². The van der Waals surface area contributed by atoms with Gasteiger partial charge in [0.05, 0.1) is 11.4 Å². The van der Waals surface area contributed by atoms with Crippen LogP contribution in [0.15, 0.2) is 41.3 Å². The van der Waals surface area contributed by atoms with Crippen molar-refractivity contribution in [1.82, 2.24) is 14.5 Å². The molecule has 0 radical (unpaired) electrons. The van der Waals surface area contributed by atoms with Gasteiger partial charge in [-0.1, -0.05) is 11.6 Å². The Morgan fingerprint density at radius 3 is 2.33 bits per heavy atom. The van der Waals surface area contributed by atoms with Crippen molar-refractivity contribution in [3.8, 4) is 11.5 Å². The largest absolute Gasteiger partial charge is 0.451 e. The van der Waals surface area contributed by atoms with Crippen LogP contribution in [-0.2, 0) is 19.6 Å². The Morgan fingerprint density at radius 1 is 1.18 bits per heavy atom. The molecule has 3 N–H and O–H groups in total. The zero-order valence-corrected chi connectivity index (χ0v) is 19.0. The number of likely N-dealkylation sites (N-methyl/N-ethyl adjacent to an activating group) is 1. The predicted molar refractivity (Wildman–Crippen MR) is 115 cm³/mol. The van der Waals surface area contributed by atoms with E-state index in [1.54, 1.807) is 4.90 Å². The topological polar surface area (TPSA) is 122 Å².